The normalized spacial score (nSPS) is 11.9. The third-order valence-corrected chi connectivity index (χ3v) is 11.8. The fraction of sp³-hybridized carbons (Fsp3) is 0.255. The molecule has 0 unspecified atom stereocenters. The van der Waals surface area contributed by atoms with Gasteiger partial charge in [0, 0.05) is 81.0 Å². The molecule has 0 bridgehead atoms. The van der Waals surface area contributed by atoms with Crippen molar-refractivity contribution in [1.82, 2.24) is 45.9 Å². The summed E-state index contributed by atoms with van der Waals surface area (Å²) in [7, 11) is 1.21. The summed E-state index contributed by atoms with van der Waals surface area (Å²) in [5, 5.41) is 12.5. The van der Waals surface area contributed by atoms with Gasteiger partial charge >= 0.3 is 18.2 Å². The van der Waals surface area contributed by atoms with E-state index in [1.807, 2.05) is 5.32 Å². The van der Waals surface area contributed by atoms with Gasteiger partial charge in [0.1, 0.15) is 48.1 Å². The molecule has 2 atom stereocenters. The Kier molecular flexibility index (Phi) is 20.4. The van der Waals surface area contributed by atoms with Crippen molar-refractivity contribution in [3.63, 3.8) is 0 Å². The number of likely N-dealkylation sites (N-methyl/N-ethyl adjacent to an activating group) is 1. The van der Waals surface area contributed by atoms with Crippen LogP contribution in [0.25, 0.3) is 21.5 Å². The van der Waals surface area contributed by atoms with Crippen molar-refractivity contribution in [3.05, 3.63) is 161 Å². The molecule has 0 spiro atoms. The average Bonchev–Trinajstić information content (AvgIpc) is 3.93. The maximum absolute atomic E-state index is 14.4. The van der Waals surface area contributed by atoms with Crippen molar-refractivity contribution in [2.75, 3.05) is 37.4 Å². The lowest BCUT2D eigenvalue weighted by molar-refractivity contribution is -0.136. The van der Waals surface area contributed by atoms with Gasteiger partial charge in [-0.3, -0.25) is 25.2 Å². The highest BCUT2D eigenvalue weighted by Gasteiger charge is 2.36. The van der Waals surface area contributed by atoms with Crippen molar-refractivity contribution in [2.24, 2.45) is 0 Å². The molecule has 4 aromatic carbocycles. The van der Waals surface area contributed by atoms with Gasteiger partial charge in [-0.1, -0.05) is 35.9 Å². The van der Waals surface area contributed by atoms with Gasteiger partial charge < -0.3 is 30.0 Å². The fourth-order valence-electron chi connectivity index (χ4n) is 7.43. The number of rotatable bonds is 21. The average molecular weight is 1100 g/mol. The zero-order valence-corrected chi connectivity index (χ0v) is 41.7. The number of fused-ring (bicyclic) bond motifs is 2. The number of imidazole rings is 1. The summed E-state index contributed by atoms with van der Waals surface area (Å²) in [4.78, 5) is 76.7. The van der Waals surface area contributed by atoms with Crippen LogP contribution in [0, 0.1) is 29.1 Å². The zero-order valence-electron chi connectivity index (χ0n) is 40.9. The molecule has 3 heterocycles. The van der Waals surface area contributed by atoms with E-state index >= 15 is 0 Å². The van der Waals surface area contributed by atoms with Crippen LogP contribution in [0.5, 0.6) is 0 Å². The quantitative estimate of drug-likeness (QED) is 0.0226. The van der Waals surface area contributed by atoms with Crippen LogP contribution in [-0.2, 0) is 38.6 Å². The van der Waals surface area contributed by atoms with Crippen LogP contribution < -0.4 is 26.7 Å². The van der Waals surface area contributed by atoms with E-state index in [0.29, 0.717) is 40.2 Å². The van der Waals surface area contributed by atoms with Crippen LogP contribution in [0.15, 0.2) is 110 Å². The molecule has 406 valence electrons. The Hall–Kier alpha value is -8.58. The molecule has 18 nitrogen and oxygen atoms in total. The number of hydrogen-bond acceptors (Lipinski definition) is 11. The standard InChI is InChI=1S/C26H25F3N6O3.C25H24ClF4N5O4/c1-16(36)35(33-14-18-3-2-4-22(28)25(18)29)21(7-8-23-30-9-10-31-23)15-38-26(37)34-24-12-19-11-20(27)6-5-17(19)13-32-24;1-35(23(37)33-11-16-3-2-4-20(28)22(16)26)19(9-25(29,30)13-31-14-36)12-39-24(38)34-21-8-17-7-18(27)6-5-15(17)10-32-21/h2-6,9-13,21,33H,7-8,14-15H2,1H3,(H,30,31)(H,32,34,37);2-8,10,14,19H,9,11-13H2,1H3,(H,31,36)(H,33,37)(H,32,34,38)/t21-;19-/m00/s1. The second-order valence-electron chi connectivity index (χ2n) is 16.9. The largest absolute Gasteiger partial charge is 0.447 e. The molecule has 6 N–H and O–H groups in total. The number of ether oxygens (including phenoxy) is 2. The lowest BCUT2D eigenvalue weighted by Crippen LogP contribution is -2.50. The van der Waals surface area contributed by atoms with E-state index in [-0.39, 0.29) is 53.9 Å². The first-order chi connectivity index (χ1) is 36.8. The fourth-order valence-corrected chi connectivity index (χ4v) is 7.62. The number of aromatic amines is 1. The minimum Gasteiger partial charge on any atom is -0.447 e. The third-order valence-electron chi connectivity index (χ3n) is 11.4. The minimum atomic E-state index is -3.46. The maximum atomic E-state index is 14.4. The number of urea groups is 1. The van der Waals surface area contributed by atoms with Gasteiger partial charge in [0.25, 0.3) is 5.92 Å². The van der Waals surface area contributed by atoms with E-state index in [4.69, 9.17) is 21.1 Å². The van der Waals surface area contributed by atoms with Gasteiger partial charge in [0.15, 0.2) is 11.6 Å². The molecule has 26 heteroatoms. The number of aryl methyl sites for hydroxylation is 1. The predicted molar refractivity (Wildman–Crippen MR) is 269 cm³/mol. The van der Waals surface area contributed by atoms with Crippen LogP contribution >= 0.6 is 11.6 Å². The van der Waals surface area contributed by atoms with Crippen molar-refractivity contribution in [2.45, 2.75) is 57.3 Å². The maximum Gasteiger partial charge on any atom is 0.412 e. The second kappa shape index (κ2) is 27.3. The molecule has 3 aromatic heterocycles. The Balaban J connectivity index is 0.000000250. The van der Waals surface area contributed by atoms with Crippen molar-refractivity contribution >= 4 is 75.3 Å². The summed E-state index contributed by atoms with van der Waals surface area (Å²) in [6.45, 7) is -0.976. The number of H-pyrrole nitrogens is 1. The second-order valence-corrected chi connectivity index (χ2v) is 17.3. The van der Waals surface area contributed by atoms with E-state index in [1.54, 1.807) is 18.5 Å². The molecule has 0 saturated heterocycles. The summed E-state index contributed by atoms with van der Waals surface area (Å²) in [5.41, 5.74) is 3.10. The molecule has 77 heavy (non-hydrogen) atoms. The van der Waals surface area contributed by atoms with E-state index in [0.717, 1.165) is 17.0 Å². The Morgan fingerprint density at radius 2 is 1.34 bits per heavy atom. The van der Waals surface area contributed by atoms with Crippen LogP contribution in [0.1, 0.15) is 36.7 Å². The molecule has 0 saturated carbocycles. The van der Waals surface area contributed by atoms with Gasteiger partial charge in [-0.15, -0.1) is 0 Å². The number of pyridine rings is 2. The zero-order chi connectivity index (χ0) is 55.6. The number of amides is 6. The molecule has 0 fully saturated rings. The number of hydrogen-bond donors (Lipinski definition) is 6. The molecule has 0 aliphatic rings. The number of halogens is 8. The summed E-state index contributed by atoms with van der Waals surface area (Å²) >= 11 is 5.88. The van der Waals surface area contributed by atoms with Gasteiger partial charge in [-0.25, -0.2) is 65.5 Å². The number of benzene rings is 4. The smallest absolute Gasteiger partial charge is 0.412 e. The Labute approximate surface area is 439 Å². The number of hydrazine groups is 1. The lowest BCUT2D eigenvalue weighted by atomic mass is 10.1. The number of aromatic nitrogens is 4. The number of carbonyl (C=O) groups excluding carboxylic acids is 5. The SMILES string of the molecule is CC(=O)N(NCc1cccc(F)c1F)[C@@H](CCc1ncc[nH]1)COC(=O)Nc1cc2cc(F)ccc2cn1.CN(C(=O)NCc1cccc(F)c1Cl)[C@H](COC(=O)Nc1cc2cc(F)ccc2cn1)CC(F)(F)CNC=O. The first-order valence-electron chi connectivity index (χ1n) is 23.2. The Bertz CT molecular complexity index is 3180. The van der Waals surface area contributed by atoms with Crippen LogP contribution in [-0.4, -0.2) is 105 Å². The first kappa shape index (κ1) is 57.7. The summed E-state index contributed by atoms with van der Waals surface area (Å²) in [5.74, 6) is -6.68. The predicted octanol–water partition coefficient (Wildman–Crippen LogP) is 9.17. The summed E-state index contributed by atoms with van der Waals surface area (Å²) in [6, 6.07) is 16.0. The Morgan fingerprint density at radius 1 is 0.753 bits per heavy atom. The van der Waals surface area contributed by atoms with E-state index < -0.39 is 90.8 Å². The highest BCUT2D eigenvalue weighted by molar-refractivity contribution is 6.31. The third kappa shape index (κ3) is 17.2. The van der Waals surface area contributed by atoms with E-state index in [9.17, 15) is 54.7 Å². The van der Waals surface area contributed by atoms with Gasteiger partial charge in [0.05, 0.1) is 23.7 Å². The first-order valence-corrected chi connectivity index (χ1v) is 23.6. The summed E-state index contributed by atoms with van der Waals surface area (Å²) < 4.78 is 108. The molecular weight excluding hydrogens is 1050 g/mol. The van der Waals surface area contributed by atoms with E-state index in [1.165, 1.54) is 98.1 Å². The molecule has 7 rings (SSSR count). The van der Waals surface area contributed by atoms with Crippen LogP contribution in [0.3, 0.4) is 0 Å². The molecule has 6 amide bonds. The van der Waals surface area contributed by atoms with Gasteiger partial charge in [-0.2, -0.15) is 0 Å². The number of anilines is 2. The van der Waals surface area contributed by atoms with Crippen molar-refractivity contribution < 1.29 is 64.2 Å². The molecule has 0 aliphatic carbocycles. The van der Waals surface area contributed by atoms with Gasteiger partial charge in [-0.05, 0) is 83.4 Å². The topological polar surface area (TPSA) is 225 Å². The number of nitrogens with zero attached hydrogens (tertiary/aromatic N) is 5. The highest BCUT2D eigenvalue weighted by Crippen LogP contribution is 2.25. The van der Waals surface area contributed by atoms with E-state index in [2.05, 4.69) is 41.3 Å². The molecule has 0 aliphatic heterocycles. The number of alkyl halides is 2. The molecule has 7 aromatic rings. The Morgan fingerprint density at radius 3 is 1.91 bits per heavy atom. The summed E-state index contributed by atoms with van der Waals surface area (Å²) in [6.07, 6.45) is 4.11. The van der Waals surface area contributed by atoms with Crippen LogP contribution in [0.4, 0.5) is 56.8 Å². The molecular formula is C51H49ClF7N11O7. The lowest BCUT2D eigenvalue weighted by Gasteiger charge is -2.31. The van der Waals surface area contributed by atoms with Crippen molar-refractivity contribution in [3.8, 4) is 0 Å². The number of carbonyl (C=O) groups is 5. The number of nitrogens with one attached hydrogen (secondary N) is 6. The van der Waals surface area contributed by atoms with Crippen LogP contribution in [0.2, 0.25) is 5.02 Å². The minimum absolute atomic E-state index is 0.0215. The molecule has 0 radical (unpaired) electrons. The highest BCUT2D eigenvalue weighted by atomic mass is 35.5. The van der Waals surface area contributed by atoms with Gasteiger partial charge in [0.2, 0.25) is 12.3 Å². The monoisotopic (exact) mass is 1100 g/mol. The van der Waals surface area contributed by atoms with Crippen molar-refractivity contribution in [1.29, 1.82) is 0 Å².